The van der Waals surface area contributed by atoms with Crippen LogP contribution in [-0.2, 0) is 17.5 Å². The van der Waals surface area contributed by atoms with Crippen LogP contribution in [0.3, 0.4) is 0 Å². The molecule has 1 heterocycles. The first-order chi connectivity index (χ1) is 10.4. The first-order valence-corrected chi connectivity index (χ1v) is 7.18. The van der Waals surface area contributed by atoms with Gasteiger partial charge in [0.05, 0.1) is 17.7 Å². The second-order valence-electron chi connectivity index (χ2n) is 5.37. The SMILES string of the molecule is CC(NC(=O)NCc1cccc(C(F)(F)F)c1)C1CCCO1. The van der Waals surface area contributed by atoms with Crippen LogP contribution in [-0.4, -0.2) is 24.8 Å². The fraction of sp³-hybridized carbons (Fsp3) is 0.533. The molecule has 2 N–H and O–H groups in total. The van der Waals surface area contributed by atoms with E-state index in [2.05, 4.69) is 10.6 Å². The highest BCUT2D eigenvalue weighted by Gasteiger charge is 2.30. The number of hydrogen-bond donors (Lipinski definition) is 2. The van der Waals surface area contributed by atoms with E-state index >= 15 is 0 Å². The average Bonchev–Trinajstić information content (AvgIpc) is 2.99. The Morgan fingerprint density at radius 2 is 2.23 bits per heavy atom. The molecule has 1 aromatic rings. The van der Waals surface area contributed by atoms with Crippen molar-refractivity contribution >= 4 is 6.03 Å². The van der Waals surface area contributed by atoms with Gasteiger partial charge in [0.2, 0.25) is 0 Å². The molecule has 1 aliphatic rings. The first kappa shape index (κ1) is 16.6. The molecule has 1 aromatic carbocycles. The van der Waals surface area contributed by atoms with Crippen LogP contribution >= 0.6 is 0 Å². The van der Waals surface area contributed by atoms with Crippen LogP contribution in [0.1, 0.15) is 30.9 Å². The summed E-state index contributed by atoms with van der Waals surface area (Å²) in [6, 6.07) is 4.35. The van der Waals surface area contributed by atoms with E-state index in [1.54, 1.807) is 6.07 Å². The Kier molecular flexibility index (Phi) is 5.28. The standard InChI is InChI=1S/C15H19F3N2O2/c1-10(13-6-3-7-22-13)20-14(21)19-9-11-4-2-5-12(8-11)15(16,17)18/h2,4-5,8,10,13H,3,6-7,9H2,1H3,(H2,19,20,21). The fourth-order valence-electron chi connectivity index (χ4n) is 2.39. The van der Waals surface area contributed by atoms with Crippen LogP contribution in [0, 0.1) is 0 Å². The Labute approximate surface area is 127 Å². The Morgan fingerprint density at radius 1 is 1.45 bits per heavy atom. The molecule has 0 saturated carbocycles. The Bertz CT molecular complexity index is 514. The van der Waals surface area contributed by atoms with Crippen LogP contribution in [0.4, 0.5) is 18.0 Å². The average molecular weight is 316 g/mol. The number of nitrogens with one attached hydrogen (secondary N) is 2. The molecule has 1 fully saturated rings. The van der Waals surface area contributed by atoms with Gasteiger partial charge in [0.15, 0.2) is 0 Å². The van der Waals surface area contributed by atoms with Crippen molar-refractivity contribution < 1.29 is 22.7 Å². The number of halogens is 3. The van der Waals surface area contributed by atoms with Crippen molar-refractivity contribution in [2.45, 2.75) is 44.6 Å². The minimum Gasteiger partial charge on any atom is -0.376 e. The van der Waals surface area contributed by atoms with E-state index in [4.69, 9.17) is 4.74 Å². The van der Waals surface area contributed by atoms with E-state index in [9.17, 15) is 18.0 Å². The van der Waals surface area contributed by atoms with Crippen molar-refractivity contribution in [1.29, 1.82) is 0 Å². The smallest absolute Gasteiger partial charge is 0.376 e. The molecule has 2 unspecified atom stereocenters. The molecule has 2 rings (SSSR count). The highest BCUT2D eigenvalue weighted by molar-refractivity contribution is 5.74. The molecule has 0 bridgehead atoms. The lowest BCUT2D eigenvalue weighted by molar-refractivity contribution is -0.137. The maximum absolute atomic E-state index is 12.6. The number of amides is 2. The van der Waals surface area contributed by atoms with Gasteiger partial charge in [-0.15, -0.1) is 0 Å². The highest BCUT2D eigenvalue weighted by atomic mass is 19.4. The van der Waals surface area contributed by atoms with Crippen LogP contribution in [0.5, 0.6) is 0 Å². The molecular formula is C15H19F3N2O2. The van der Waals surface area contributed by atoms with Crippen LogP contribution in [0.25, 0.3) is 0 Å². The summed E-state index contributed by atoms with van der Waals surface area (Å²) >= 11 is 0. The van der Waals surface area contributed by atoms with Gasteiger partial charge < -0.3 is 15.4 Å². The summed E-state index contributed by atoms with van der Waals surface area (Å²) in [4.78, 5) is 11.8. The third-order valence-corrected chi connectivity index (χ3v) is 3.59. The molecule has 2 atom stereocenters. The first-order valence-electron chi connectivity index (χ1n) is 7.18. The van der Waals surface area contributed by atoms with Gasteiger partial charge in [0.25, 0.3) is 0 Å². The zero-order valence-electron chi connectivity index (χ0n) is 12.2. The number of urea groups is 1. The normalized spacial score (nSPS) is 19.7. The van der Waals surface area contributed by atoms with Crippen molar-refractivity contribution in [2.75, 3.05) is 6.61 Å². The van der Waals surface area contributed by atoms with Crippen LogP contribution in [0.15, 0.2) is 24.3 Å². The van der Waals surface area contributed by atoms with E-state index < -0.39 is 17.8 Å². The van der Waals surface area contributed by atoms with Crippen molar-refractivity contribution in [2.24, 2.45) is 0 Å². The van der Waals surface area contributed by atoms with Gasteiger partial charge in [0.1, 0.15) is 0 Å². The number of rotatable bonds is 4. The van der Waals surface area contributed by atoms with E-state index in [0.29, 0.717) is 12.2 Å². The molecular weight excluding hydrogens is 297 g/mol. The highest BCUT2D eigenvalue weighted by Crippen LogP contribution is 2.29. The Balaban J connectivity index is 1.83. The molecule has 22 heavy (non-hydrogen) atoms. The lowest BCUT2D eigenvalue weighted by atomic mass is 10.1. The molecule has 1 aliphatic heterocycles. The van der Waals surface area contributed by atoms with Crippen LogP contribution in [0.2, 0.25) is 0 Å². The van der Waals surface area contributed by atoms with Gasteiger partial charge >= 0.3 is 12.2 Å². The molecule has 0 spiro atoms. The zero-order chi connectivity index (χ0) is 16.2. The Hall–Kier alpha value is -1.76. The van der Waals surface area contributed by atoms with Crippen molar-refractivity contribution in [3.8, 4) is 0 Å². The summed E-state index contributed by atoms with van der Waals surface area (Å²) in [5.41, 5.74) is -0.324. The number of ether oxygens (including phenoxy) is 1. The van der Waals surface area contributed by atoms with Gasteiger partial charge in [-0.25, -0.2) is 4.79 Å². The summed E-state index contributed by atoms with van der Waals surface area (Å²) in [6.45, 7) is 2.58. The summed E-state index contributed by atoms with van der Waals surface area (Å²) < 4.78 is 43.3. The number of hydrogen-bond acceptors (Lipinski definition) is 2. The lowest BCUT2D eigenvalue weighted by Gasteiger charge is -2.20. The molecule has 1 saturated heterocycles. The molecule has 7 heteroatoms. The third-order valence-electron chi connectivity index (χ3n) is 3.59. The quantitative estimate of drug-likeness (QED) is 0.897. The van der Waals surface area contributed by atoms with Gasteiger partial charge in [-0.3, -0.25) is 0 Å². The lowest BCUT2D eigenvalue weighted by Crippen LogP contribution is -2.45. The van der Waals surface area contributed by atoms with E-state index in [1.807, 2.05) is 6.92 Å². The van der Waals surface area contributed by atoms with Crippen molar-refractivity contribution in [3.05, 3.63) is 35.4 Å². The maximum atomic E-state index is 12.6. The molecule has 4 nitrogen and oxygen atoms in total. The number of benzene rings is 1. The molecule has 0 aromatic heterocycles. The minimum absolute atomic E-state index is 0.000641. The fourth-order valence-corrected chi connectivity index (χ4v) is 2.39. The summed E-state index contributed by atoms with van der Waals surface area (Å²) in [5, 5.41) is 5.30. The van der Waals surface area contributed by atoms with Crippen molar-refractivity contribution in [3.63, 3.8) is 0 Å². The van der Waals surface area contributed by atoms with Gasteiger partial charge in [-0.05, 0) is 37.5 Å². The van der Waals surface area contributed by atoms with E-state index in [0.717, 1.165) is 25.0 Å². The van der Waals surface area contributed by atoms with E-state index in [1.165, 1.54) is 6.07 Å². The maximum Gasteiger partial charge on any atom is 0.416 e. The molecule has 0 radical (unpaired) electrons. The van der Waals surface area contributed by atoms with Gasteiger partial charge in [-0.2, -0.15) is 13.2 Å². The summed E-state index contributed by atoms with van der Waals surface area (Å²) in [7, 11) is 0. The third kappa shape index (κ3) is 4.62. The molecule has 122 valence electrons. The second-order valence-corrected chi connectivity index (χ2v) is 5.37. The molecule has 0 aliphatic carbocycles. The van der Waals surface area contributed by atoms with E-state index in [-0.39, 0.29) is 18.7 Å². The zero-order valence-corrected chi connectivity index (χ0v) is 12.2. The minimum atomic E-state index is -4.38. The van der Waals surface area contributed by atoms with Crippen LogP contribution < -0.4 is 10.6 Å². The van der Waals surface area contributed by atoms with Gasteiger partial charge in [-0.1, -0.05) is 12.1 Å². The number of carbonyl (C=O) groups is 1. The Morgan fingerprint density at radius 3 is 2.86 bits per heavy atom. The predicted octanol–water partition coefficient (Wildman–Crippen LogP) is 3.07. The number of carbonyl (C=O) groups excluding carboxylic acids is 1. The largest absolute Gasteiger partial charge is 0.416 e. The monoisotopic (exact) mass is 316 g/mol. The summed E-state index contributed by atoms with van der Waals surface area (Å²) in [6.07, 6.45) is -2.51. The number of alkyl halides is 3. The second kappa shape index (κ2) is 7.00. The van der Waals surface area contributed by atoms with Crippen molar-refractivity contribution in [1.82, 2.24) is 10.6 Å². The topological polar surface area (TPSA) is 50.4 Å². The van der Waals surface area contributed by atoms with Gasteiger partial charge in [0, 0.05) is 13.2 Å². The summed E-state index contributed by atoms with van der Waals surface area (Å²) in [5.74, 6) is 0. The predicted molar refractivity (Wildman–Crippen MR) is 75.3 cm³/mol. The molecule has 2 amide bonds.